The first-order chi connectivity index (χ1) is 31.8. The molecule has 14 nitrogen and oxygen atoms in total. The number of carbonyl (C=O) groups excluding carboxylic acids is 5. The molecule has 1 amide bonds. The number of ketones is 3. The van der Waals surface area contributed by atoms with Gasteiger partial charge in [0.15, 0.2) is 6.29 Å². The summed E-state index contributed by atoms with van der Waals surface area (Å²) < 4.78 is 36.0. The number of hydrogen-bond donors (Lipinski definition) is 2. The number of Topliss-reactive ketones (excluding diaryl/α,β-unsaturated/α-hetero) is 3. The second-order valence-corrected chi connectivity index (χ2v) is 21.3. The molecule has 6 unspecified atom stereocenters. The number of aliphatic hydroxyl groups is 2. The van der Waals surface area contributed by atoms with Crippen molar-refractivity contribution in [2.24, 2.45) is 23.2 Å². The largest absolute Gasteiger partial charge is 0.463 e. The number of aliphatic hydroxyl groups excluding tert-OH is 2. The normalized spacial score (nSPS) is 23.1. The summed E-state index contributed by atoms with van der Waals surface area (Å²) in [5.41, 5.74) is -1.09. The molecule has 0 saturated carbocycles. The SMILES string of the molecule is CC(=O)OCC1OC(OCCCCC(=O)CCCCCC(=O)CCOCC(COC(C)C)(COC(C)(C)C)CC(=O)CCCCCCCCCCC(=O)N2C[C@H](O)C[C@H]2CO)C(C)C(C)C1C. The minimum absolute atomic E-state index is 0.0172. The molecule has 8 atom stereocenters. The van der Waals surface area contributed by atoms with Gasteiger partial charge < -0.3 is 43.5 Å². The number of ether oxygens (including phenoxy) is 6. The quantitative estimate of drug-likeness (QED) is 0.0442. The number of β-amino-alcohol motifs (C(OH)–C–C–N with tert-alkyl or cyclic N) is 1. The van der Waals surface area contributed by atoms with Gasteiger partial charge in [0.2, 0.25) is 5.91 Å². The number of carbonyl (C=O) groups is 5. The van der Waals surface area contributed by atoms with Gasteiger partial charge in [-0.05, 0) is 91.4 Å². The van der Waals surface area contributed by atoms with Gasteiger partial charge in [-0.1, -0.05) is 65.7 Å². The first-order valence-electron chi connectivity index (χ1n) is 26.1. The van der Waals surface area contributed by atoms with Crippen LogP contribution >= 0.6 is 0 Å². The summed E-state index contributed by atoms with van der Waals surface area (Å²) in [6.45, 7) is 19.8. The molecule has 0 aliphatic carbocycles. The van der Waals surface area contributed by atoms with Crippen molar-refractivity contribution in [3.05, 3.63) is 0 Å². The van der Waals surface area contributed by atoms with Crippen molar-refractivity contribution in [1.82, 2.24) is 4.90 Å². The summed E-state index contributed by atoms with van der Waals surface area (Å²) in [5, 5.41) is 19.3. The van der Waals surface area contributed by atoms with Gasteiger partial charge in [-0.15, -0.1) is 0 Å². The van der Waals surface area contributed by atoms with E-state index in [1.165, 1.54) is 6.92 Å². The van der Waals surface area contributed by atoms with Crippen molar-refractivity contribution in [3.8, 4) is 0 Å². The average molecular weight is 954 g/mol. The molecule has 0 aromatic rings. The van der Waals surface area contributed by atoms with E-state index in [1.807, 2.05) is 34.6 Å². The first kappa shape index (κ1) is 60.8. The molecule has 0 aromatic heterocycles. The molecule has 2 rings (SSSR count). The second kappa shape index (κ2) is 33.3. The lowest BCUT2D eigenvalue weighted by Crippen LogP contribution is -2.47. The number of likely N-dealkylation sites (tertiary alicyclic amines) is 1. The van der Waals surface area contributed by atoms with E-state index in [0.29, 0.717) is 77.2 Å². The highest BCUT2D eigenvalue weighted by atomic mass is 16.7. The van der Waals surface area contributed by atoms with Crippen LogP contribution in [0.5, 0.6) is 0 Å². The highest BCUT2D eigenvalue weighted by molar-refractivity contribution is 5.79. The van der Waals surface area contributed by atoms with Crippen molar-refractivity contribution in [2.45, 2.75) is 233 Å². The third-order valence-electron chi connectivity index (χ3n) is 13.5. The fourth-order valence-electron chi connectivity index (χ4n) is 8.91. The molecule has 390 valence electrons. The van der Waals surface area contributed by atoms with E-state index >= 15 is 0 Å². The van der Waals surface area contributed by atoms with E-state index in [2.05, 4.69) is 20.8 Å². The average Bonchev–Trinajstić information content (AvgIpc) is 3.66. The Balaban J connectivity index is 1.65. The summed E-state index contributed by atoms with van der Waals surface area (Å²) in [5.74, 6) is 1.02. The van der Waals surface area contributed by atoms with Crippen LogP contribution in [0, 0.1) is 23.2 Å². The minimum atomic E-state index is -0.677. The number of hydrogen-bond acceptors (Lipinski definition) is 13. The van der Waals surface area contributed by atoms with Gasteiger partial charge in [-0.3, -0.25) is 24.0 Å². The van der Waals surface area contributed by atoms with Crippen LogP contribution in [0.2, 0.25) is 0 Å². The number of rotatable bonds is 38. The lowest BCUT2D eigenvalue weighted by molar-refractivity contribution is -0.255. The lowest BCUT2D eigenvalue weighted by Gasteiger charge is -2.43. The van der Waals surface area contributed by atoms with Crippen LogP contribution in [0.3, 0.4) is 0 Å². The Kier molecular flexibility index (Phi) is 30.2. The van der Waals surface area contributed by atoms with E-state index < -0.39 is 17.1 Å². The van der Waals surface area contributed by atoms with Gasteiger partial charge in [0.25, 0.3) is 0 Å². The minimum Gasteiger partial charge on any atom is -0.463 e. The van der Waals surface area contributed by atoms with E-state index in [0.717, 1.165) is 83.5 Å². The van der Waals surface area contributed by atoms with Gasteiger partial charge in [0.1, 0.15) is 24.0 Å². The Bertz CT molecular complexity index is 1420. The Morgan fingerprint density at radius 2 is 1.24 bits per heavy atom. The summed E-state index contributed by atoms with van der Waals surface area (Å²) in [6, 6.07) is -0.264. The number of nitrogens with zero attached hydrogens (tertiary/aromatic N) is 1. The van der Waals surface area contributed by atoms with Gasteiger partial charge in [-0.2, -0.15) is 0 Å². The highest BCUT2D eigenvalue weighted by Gasteiger charge is 2.40. The number of amides is 1. The van der Waals surface area contributed by atoms with E-state index in [1.54, 1.807) is 4.90 Å². The summed E-state index contributed by atoms with van der Waals surface area (Å²) in [4.78, 5) is 64.3. The van der Waals surface area contributed by atoms with Gasteiger partial charge in [-0.25, -0.2) is 0 Å². The molecule has 0 bridgehead atoms. The van der Waals surface area contributed by atoms with Crippen molar-refractivity contribution >= 4 is 29.2 Å². The Hall–Kier alpha value is -2.33. The molecule has 0 radical (unpaired) electrons. The third-order valence-corrected chi connectivity index (χ3v) is 13.5. The molecule has 2 aliphatic rings. The van der Waals surface area contributed by atoms with Crippen LogP contribution in [0.25, 0.3) is 0 Å². The molecule has 14 heteroatoms. The predicted octanol–water partition coefficient (Wildman–Crippen LogP) is 8.91. The molecule has 2 N–H and O–H groups in total. The highest BCUT2D eigenvalue weighted by Crippen LogP contribution is 2.36. The maximum absolute atomic E-state index is 13.5. The first-order valence-corrected chi connectivity index (χ1v) is 26.1. The zero-order valence-corrected chi connectivity index (χ0v) is 43.5. The van der Waals surface area contributed by atoms with Crippen LogP contribution in [0.15, 0.2) is 0 Å². The standard InChI is InChI=1S/C53H95NO13/c1-39(2)65-37-53(38-66-52(7,8)9,32-47(59)26-17-14-12-10-11-13-15-20-27-50(61)54-33-48(60)31-44(54)34-55)36-62-30-28-46(58)24-19-16-18-23-45(57)25-21-22-29-63-51-42(5)40(3)41(4)49(67-51)35-64-43(6)56/h39-42,44,48-49,51,55,60H,10-38H2,1-9H3/t40?,41?,42?,44-,48+,49?,51?,53?/m0/s1. The van der Waals surface area contributed by atoms with E-state index in [9.17, 15) is 34.2 Å². The van der Waals surface area contributed by atoms with Crippen LogP contribution < -0.4 is 0 Å². The third kappa shape index (κ3) is 26.5. The van der Waals surface area contributed by atoms with Gasteiger partial charge in [0.05, 0.1) is 63.0 Å². The maximum Gasteiger partial charge on any atom is 0.302 e. The zero-order chi connectivity index (χ0) is 49.8. The molecule has 67 heavy (non-hydrogen) atoms. The second-order valence-electron chi connectivity index (χ2n) is 21.3. The monoisotopic (exact) mass is 954 g/mol. The van der Waals surface area contributed by atoms with Crippen LogP contribution in [0.1, 0.15) is 197 Å². The maximum atomic E-state index is 13.5. The summed E-state index contributed by atoms with van der Waals surface area (Å²) in [6.07, 6.45) is 13.9. The summed E-state index contributed by atoms with van der Waals surface area (Å²) >= 11 is 0. The van der Waals surface area contributed by atoms with Crippen LogP contribution in [-0.4, -0.2) is 133 Å². The van der Waals surface area contributed by atoms with E-state index in [4.69, 9.17) is 28.4 Å². The Morgan fingerprint density at radius 1 is 0.687 bits per heavy atom. The Labute approximate surface area is 405 Å². The van der Waals surface area contributed by atoms with Crippen molar-refractivity contribution in [1.29, 1.82) is 0 Å². The van der Waals surface area contributed by atoms with Gasteiger partial charge >= 0.3 is 5.97 Å². The smallest absolute Gasteiger partial charge is 0.302 e. The number of esters is 1. The zero-order valence-electron chi connectivity index (χ0n) is 43.5. The molecule has 2 heterocycles. The lowest BCUT2D eigenvalue weighted by atomic mass is 9.79. The predicted molar refractivity (Wildman–Crippen MR) is 259 cm³/mol. The fraction of sp³-hybridized carbons (Fsp3) is 0.906. The fourth-order valence-corrected chi connectivity index (χ4v) is 8.91. The van der Waals surface area contributed by atoms with Crippen LogP contribution in [0.4, 0.5) is 0 Å². The molecule has 0 spiro atoms. The Morgan fingerprint density at radius 3 is 1.82 bits per heavy atom. The van der Waals surface area contributed by atoms with Crippen molar-refractivity contribution < 1.29 is 62.6 Å². The number of unbranched alkanes of at least 4 members (excludes halogenated alkanes) is 10. The molecule has 0 aromatic carbocycles. The van der Waals surface area contributed by atoms with Crippen molar-refractivity contribution in [2.75, 3.05) is 52.8 Å². The molecule has 2 fully saturated rings. The van der Waals surface area contributed by atoms with Gasteiger partial charge in [0, 0.05) is 76.4 Å². The molecular formula is C53H95NO13. The molecule has 2 aliphatic heterocycles. The van der Waals surface area contributed by atoms with Crippen LogP contribution in [-0.2, 0) is 52.4 Å². The van der Waals surface area contributed by atoms with E-state index in [-0.39, 0.29) is 98.5 Å². The van der Waals surface area contributed by atoms with Crippen molar-refractivity contribution in [3.63, 3.8) is 0 Å². The topological polar surface area (TPSA) is 184 Å². The summed E-state index contributed by atoms with van der Waals surface area (Å²) in [7, 11) is 0. The molecular weight excluding hydrogens is 859 g/mol. The molecule has 2 saturated heterocycles.